The van der Waals surface area contributed by atoms with Crippen molar-refractivity contribution in [3.63, 3.8) is 0 Å². The number of fused-ring (bicyclic) bond motifs is 3. The van der Waals surface area contributed by atoms with E-state index in [-0.39, 0.29) is 40.3 Å². The van der Waals surface area contributed by atoms with Crippen molar-refractivity contribution in [3.8, 4) is 17.2 Å². The van der Waals surface area contributed by atoms with Gasteiger partial charge in [-0.2, -0.15) is 8.78 Å². The Bertz CT molecular complexity index is 1360. The van der Waals surface area contributed by atoms with E-state index in [0.29, 0.717) is 34.1 Å². The van der Waals surface area contributed by atoms with Crippen LogP contribution in [0.25, 0.3) is 11.0 Å². The van der Waals surface area contributed by atoms with Crippen LogP contribution in [0.4, 0.5) is 8.78 Å². The Hall–Kier alpha value is -2.79. The van der Waals surface area contributed by atoms with Gasteiger partial charge in [0, 0.05) is 18.3 Å². The number of aromatic nitrogens is 3. The second-order valence-corrected chi connectivity index (χ2v) is 12.3. The number of benzene rings is 1. The number of ether oxygens (including phenoxy) is 4. The summed E-state index contributed by atoms with van der Waals surface area (Å²) in [5.41, 5.74) is 1.55. The Balaban J connectivity index is 1.50. The first-order valence-electron chi connectivity index (χ1n) is 12.6. The molecule has 2 aliphatic carbocycles. The molecule has 11 heteroatoms. The Morgan fingerprint density at radius 3 is 2.63 bits per heavy atom. The molecule has 0 saturated heterocycles. The van der Waals surface area contributed by atoms with Gasteiger partial charge in [-0.05, 0) is 48.1 Å². The van der Waals surface area contributed by atoms with Crippen molar-refractivity contribution in [2.75, 3.05) is 14.2 Å². The first kappa shape index (κ1) is 26.8. The van der Waals surface area contributed by atoms with Gasteiger partial charge >= 0.3 is 6.61 Å². The standard InChI is InChI=1S/C27H33F2N3O5S/c1-26(2)16-8-10-27(3,13-16)23(26)36-15-32-20-7-6-17(37-24(28)29)12-18(20)31-25(32)38(33)14-19-22(35-5)21(34-4)9-11-30-19/h6-7,9,11-12,16,23-24H,8,10,13-15H2,1-5H3. The molecule has 2 heterocycles. The predicted octanol–water partition coefficient (Wildman–Crippen LogP) is 5.55. The van der Waals surface area contributed by atoms with Crippen LogP contribution < -0.4 is 14.2 Å². The van der Waals surface area contributed by atoms with E-state index in [2.05, 4.69) is 35.5 Å². The van der Waals surface area contributed by atoms with Gasteiger partial charge in [0.15, 0.2) is 11.5 Å². The number of imidazole rings is 1. The fourth-order valence-electron chi connectivity index (χ4n) is 6.53. The molecule has 2 aliphatic rings. The Labute approximate surface area is 223 Å². The van der Waals surface area contributed by atoms with Crippen molar-refractivity contribution in [3.05, 3.63) is 36.2 Å². The van der Waals surface area contributed by atoms with E-state index in [1.54, 1.807) is 22.9 Å². The molecule has 0 radical (unpaired) electrons. The van der Waals surface area contributed by atoms with Crippen molar-refractivity contribution in [1.82, 2.24) is 14.5 Å². The maximum Gasteiger partial charge on any atom is 0.387 e. The van der Waals surface area contributed by atoms with Gasteiger partial charge in [0.2, 0.25) is 5.16 Å². The molecule has 0 N–H and O–H groups in total. The zero-order valence-electron chi connectivity index (χ0n) is 22.2. The summed E-state index contributed by atoms with van der Waals surface area (Å²) in [6, 6.07) is 6.18. The molecule has 38 heavy (non-hydrogen) atoms. The lowest BCUT2D eigenvalue weighted by atomic mass is 9.70. The topological polar surface area (TPSA) is 84.7 Å². The van der Waals surface area contributed by atoms with E-state index >= 15 is 0 Å². The lowest BCUT2D eigenvalue weighted by Gasteiger charge is -2.42. The average Bonchev–Trinajstić information content (AvgIpc) is 3.49. The molecule has 1 aromatic carbocycles. The van der Waals surface area contributed by atoms with Gasteiger partial charge in [0.05, 0.1) is 53.6 Å². The Morgan fingerprint density at radius 1 is 1.18 bits per heavy atom. The van der Waals surface area contributed by atoms with Crippen molar-refractivity contribution in [2.24, 2.45) is 16.7 Å². The van der Waals surface area contributed by atoms with Gasteiger partial charge in [-0.25, -0.2) is 4.98 Å². The summed E-state index contributed by atoms with van der Waals surface area (Å²) in [5.74, 6) is 1.47. The molecule has 0 aliphatic heterocycles. The van der Waals surface area contributed by atoms with Crippen LogP contribution in [0.2, 0.25) is 0 Å². The third-order valence-electron chi connectivity index (χ3n) is 8.26. The van der Waals surface area contributed by atoms with Crippen LogP contribution in [-0.4, -0.2) is 45.7 Å². The summed E-state index contributed by atoms with van der Waals surface area (Å²) >= 11 is 0. The first-order chi connectivity index (χ1) is 18.1. The summed E-state index contributed by atoms with van der Waals surface area (Å²) < 4.78 is 63.2. The quantitative estimate of drug-likeness (QED) is 0.328. The fourth-order valence-corrected chi connectivity index (χ4v) is 7.71. The minimum atomic E-state index is -2.96. The zero-order valence-corrected chi connectivity index (χ0v) is 23.0. The number of rotatable bonds is 10. The van der Waals surface area contributed by atoms with Crippen molar-refractivity contribution < 1.29 is 31.9 Å². The molecule has 3 aromatic rings. The smallest absolute Gasteiger partial charge is 0.387 e. The highest BCUT2D eigenvalue weighted by atomic mass is 32.2. The molecule has 2 bridgehead atoms. The molecule has 2 fully saturated rings. The molecule has 2 aromatic heterocycles. The lowest BCUT2D eigenvalue weighted by Crippen LogP contribution is -2.42. The normalized spacial score (nSPS) is 24.7. The SMILES string of the molecule is COc1ccnc(CS(=O)c2nc3cc(OC(F)F)ccc3n2COC2C3(C)CCC(C3)C2(C)C)c1OC. The molecule has 0 amide bonds. The van der Waals surface area contributed by atoms with E-state index in [1.807, 2.05) is 0 Å². The van der Waals surface area contributed by atoms with Gasteiger partial charge in [-0.15, -0.1) is 0 Å². The minimum Gasteiger partial charge on any atom is -0.493 e. The van der Waals surface area contributed by atoms with E-state index in [9.17, 15) is 13.0 Å². The van der Waals surface area contributed by atoms with Crippen LogP contribution in [-0.2, 0) is 28.0 Å². The summed E-state index contributed by atoms with van der Waals surface area (Å²) in [7, 11) is 1.35. The summed E-state index contributed by atoms with van der Waals surface area (Å²) in [5, 5.41) is 0.256. The number of halogens is 2. The molecular formula is C27H33F2N3O5S. The minimum absolute atomic E-state index is 0.0127. The van der Waals surface area contributed by atoms with Crippen LogP contribution in [0.1, 0.15) is 45.7 Å². The van der Waals surface area contributed by atoms with E-state index in [0.717, 1.165) is 12.8 Å². The molecule has 4 atom stereocenters. The highest BCUT2D eigenvalue weighted by molar-refractivity contribution is 7.84. The Kier molecular flexibility index (Phi) is 7.10. The number of hydrogen-bond donors (Lipinski definition) is 0. The lowest BCUT2D eigenvalue weighted by molar-refractivity contribution is -0.114. The molecule has 8 nitrogen and oxygen atoms in total. The number of nitrogens with zero attached hydrogens (tertiary/aromatic N) is 3. The molecule has 2 saturated carbocycles. The first-order valence-corrected chi connectivity index (χ1v) is 13.9. The van der Waals surface area contributed by atoms with Crippen molar-refractivity contribution in [1.29, 1.82) is 0 Å². The largest absolute Gasteiger partial charge is 0.493 e. The fraction of sp³-hybridized carbons (Fsp3) is 0.556. The van der Waals surface area contributed by atoms with Crippen molar-refractivity contribution >= 4 is 21.8 Å². The predicted molar refractivity (Wildman–Crippen MR) is 138 cm³/mol. The number of alkyl halides is 2. The second-order valence-electron chi connectivity index (χ2n) is 10.9. The van der Waals surface area contributed by atoms with Gasteiger partial charge in [0.1, 0.15) is 12.5 Å². The summed E-state index contributed by atoms with van der Waals surface area (Å²) in [6.45, 7) is 3.97. The molecule has 4 unspecified atom stereocenters. The van der Waals surface area contributed by atoms with Gasteiger partial charge in [-0.1, -0.05) is 20.8 Å². The molecule has 5 rings (SSSR count). The maximum atomic E-state index is 13.7. The third kappa shape index (κ3) is 4.64. The molecular weight excluding hydrogens is 516 g/mol. The summed E-state index contributed by atoms with van der Waals surface area (Å²) in [4.78, 5) is 8.93. The van der Waals surface area contributed by atoms with Crippen molar-refractivity contribution in [2.45, 2.75) is 70.4 Å². The second kappa shape index (κ2) is 10.1. The van der Waals surface area contributed by atoms with E-state index in [1.165, 1.54) is 32.8 Å². The monoisotopic (exact) mass is 549 g/mol. The Morgan fingerprint density at radius 2 is 1.97 bits per heavy atom. The highest BCUT2D eigenvalue weighted by Gasteiger charge is 2.60. The third-order valence-corrected chi connectivity index (χ3v) is 9.51. The number of methoxy groups -OCH3 is 2. The van der Waals surface area contributed by atoms with Gasteiger partial charge in [-0.3, -0.25) is 13.8 Å². The van der Waals surface area contributed by atoms with Crippen LogP contribution in [0, 0.1) is 16.7 Å². The molecule has 206 valence electrons. The van der Waals surface area contributed by atoms with Gasteiger partial charge in [0.25, 0.3) is 0 Å². The maximum absolute atomic E-state index is 13.7. The zero-order chi connectivity index (χ0) is 27.2. The number of hydrogen-bond acceptors (Lipinski definition) is 7. The van der Waals surface area contributed by atoms with Crippen LogP contribution in [0.3, 0.4) is 0 Å². The van der Waals surface area contributed by atoms with Crippen LogP contribution >= 0.6 is 0 Å². The van der Waals surface area contributed by atoms with E-state index < -0.39 is 17.4 Å². The van der Waals surface area contributed by atoms with Gasteiger partial charge < -0.3 is 18.9 Å². The van der Waals surface area contributed by atoms with Crippen LogP contribution in [0.15, 0.2) is 35.6 Å². The summed E-state index contributed by atoms with van der Waals surface area (Å²) in [6.07, 6.45) is 5.03. The average molecular weight is 550 g/mol. The molecule has 0 spiro atoms. The number of pyridine rings is 1. The van der Waals surface area contributed by atoms with E-state index in [4.69, 9.17) is 14.2 Å². The van der Waals surface area contributed by atoms with Crippen LogP contribution in [0.5, 0.6) is 17.2 Å². The highest BCUT2D eigenvalue weighted by Crippen LogP contribution is 2.63.